The van der Waals surface area contributed by atoms with Crippen molar-refractivity contribution in [1.82, 2.24) is 15.0 Å². The van der Waals surface area contributed by atoms with E-state index >= 15 is 0 Å². The first kappa shape index (κ1) is 13.2. The van der Waals surface area contributed by atoms with Crippen molar-refractivity contribution < 1.29 is 5.11 Å². The third-order valence-electron chi connectivity index (χ3n) is 2.82. The quantitative estimate of drug-likeness (QED) is 0.671. The van der Waals surface area contributed by atoms with E-state index in [1.807, 2.05) is 6.07 Å². The van der Waals surface area contributed by atoms with Gasteiger partial charge in [-0.05, 0) is 28.1 Å². The van der Waals surface area contributed by atoms with Crippen molar-refractivity contribution in [3.8, 4) is 5.75 Å². The van der Waals surface area contributed by atoms with E-state index in [9.17, 15) is 5.11 Å². The molecule has 0 aliphatic rings. The Bertz CT molecular complexity index is 774. The number of benzene rings is 1. The fraction of sp³-hybridized carbons (Fsp3) is 0.0769. The molecule has 0 atom stereocenters. The minimum atomic E-state index is 0.0821. The van der Waals surface area contributed by atoms with Crippen LogP contribution in [0.1, 0.15) is 5.56 Å². The molecule has 20 heavy (non-hydrogen) atoms. The monoisotopic (exact) mass is 352 g/mol. The van der Waals surface area contributed by atoms with E-state index in [4.69, 9.17) is 11.6 Å². The second-order valence-corrected chi connectivity index (χ2v) is 5.53. The van der Waals surface area contributed by atoms with Crippen LogP contribution in [0.3, 0.4) is 0 Å². The number of rotatable bonds is 3. The van der Waals surface area contributed by atoms with Gasteiger partial charge in [-0.25, -0.2) is 4.98 Å². The van der Waals surface area contributed by atoms with E-state index in [1.54, 1.807) is 24.4 Å². The highest BCUT2D eigenvalue weighted by Crippen LogP contribution is 2.27. The molecule has 0 unspecified atom stereocenters. The highest BCUT2D eigenvalue weighted by Gasteiger charge is 2.07. The zero-order valence-electron chi connectivity index (χ0n) is 10.2. The van der Waals surface area contributed by atoms with Gasteiger partial charge in [0.05, 0.1) is 10.5 Å². The van der Waals surface area contributed by atoms with E-state index < -0.39 is 0 Å². The van der Waals surface area contributed by atoms with Crippen molar-refractivity contribution in [2.75, 3.05) is 5.32 Å². The van der Waals surface area contributed by atoms with E-state index in [2.05, 4.69) is 36.2 Å². The summed E-state index contributed by atoms with van der Waals surface area (Å²) in [7, 11) is 0. The molecule has 5 nitrogen and oxygen atoms in total. The molecule has 0 spiro atoms. The Labute approximate surface area is 128 Å². The van der Waals surface area contributed by atoms with Gasteiger partial charge in [-0.3, -0.25) is 0 Å². The maximum Gasteiger partial charge on any atom is 0.202 e. The summed E-state index contributed by atoms with van der Waals surface area (Å²) in [6, 6.07) is 7.13. The van der Waals surface area contributed by atoms with E-state index in [0.29, 0.717) is 28.7 Å². The number of anilines is 1. The zero-order chi connectivity index (χ0) is 14.1. The summed E-state index contributed by atoms with van der Waals surface area (Å²) in [6.07, 6.45) is 1.69. The molecule has 2 heterocycles. The van der Waals surface area contributed by atoms with Gasteiger partial charge in [0, 0.05) is 22.8 Å². The summed E-state index contributed by atoms with van der Waals surface area (Å²) in [6.45, 7) is 0.410. The van der Waals surface area contributed by atoms with Crippen molar-refractivity contribution in [3.05, 3.63) is 45.5 Å². The molecular weight excluding hydrogens is 344 g/mol. The Morgan fingerprint density at radius 3 is 3.10 bits per heavy atom. The Hall–Kier alpha value is -1.79. The summed E-state index contributed by atoms with van der Waals surface area (Å²) in [4.78, 5) is 11.6. The average molecular weight is 354 g/mol. The maximum atomic E-state index is 9.83. The van der Waals surface area contributed by atoms with Gasteiger partial charge in [-0.15, -0.1) is 0 Å². The second kappa shape index (κ2) is 5.30. The molecule has 3 aromatic rings. The number of para-hydroxylation sites is 1. The Morgan fingerprint density at radius 2 is 2.25 bits per heavy atom. The number of halogens is 2. The lowest BCUT2D eigenvalue weighted by atomic mass is 10.2. The molecule has 3 rings (SSSR count). The van der Waals surface area contributed by atoms with Crippen LogP contribution in [0, 0.1) is 0 Å². The van der Waals surface area contributed by atoms with E-state index in [1.165, 1.54) is 0 Å². The molecule has 0 saturated carbocycles. The van der Waals surface area contributed by atoms with Crippen LogP contribution in [-0.4, -0.2) is 20.1 Å². The lowest BCUT2D eigenvalue weighted by molar-refractivity contribution is 0.469. The van der Waals surface area contributed by atoms with Crippen molar-refractivity contribution in [1.29, 1.82) is 0 Å². The fourth-order valence-electron chi connectivity index (χ4n) is 1.84. The van der Waals surface area contributed by atoms with Gasteiger partial charge in [0.25, 0.3) is 0 Å². The van der Waals surface area contributed by atoms with Crippen molar-refractivity contribution in [3.63, 3.8) is 0 Å². The van der Waals surface area contributed by atoms with Gasteiger partial charge >= 0.3 is 0 Å². The number of fused-ring (bicyclic) bond motifs is 1. The third kappa shape index (κ3) is 2.57. The molecule has 0 fully saturated rings. The number of nitrogens with zero attached hydrogens (tertiary/aromatic N) is 2. The molecule has 0 aliphatic carbocycles. The first-order valence-electron chi connectivity index (χ1n) is 5.85. The van der Waals surface area contributed by atoms with Crippen molar-refractivity contribution >= 4 is 44.6 Å². The summed E-state index contributed by atoms with van der Waals surface area (Å²) in [5.41, 5.74) is 2.16. The SMILES string of the molecule is Oc1c(Cl)cccc1CNc1nc2ncc(Br)cc2[nH]1. The number of hydrogen-bond acceptors (Lipinski definition) is 4. The summed E-state index contributed by atoms with van der Waals surface area (Å²) >= 11 is 9.22. The predicted molar refractivity (Wildman–Crippen MR) is 82.0 cm³/mol. The topological polar surface area (TPSA) is 73.8 Å². The number of H-pyrrole nitrogens is 1. The Morgan fingerprint density at radius 1 is 1.40 bits per heavy atom. The zero-order valence-corrected chi connectivity index (χ0v) is 12.5. The number of aromatic hydroxyl groups is 1. The maximum absolute atomic E-state index is 9.83. The first-order chi connectivity index (χ1) is 9.63. The van der Waals surface area contributed by atoms with Crippen LogP contribution in [0.4, 0.5) is 5.95 Å². The third-order valence-corrected chi connectivity index (χ3v) is 3.56. The minimum Gasteiger partial charge on any atom is -0.506 e. The van der Waals surface area contributed by atoms with Crippen molar-refractivity contribution in [2.24, 2.45) is 0 Å². The van der Waals surface area contributed by atoms with Gasteiger partial charge in [-0.1, -0.05) is 23.7 Å². The number of nitrogens with one attached hydrogen (secondary N) is 2. The predicted octanol–water partition coefficient (Wildman–Crippen LogP) is 3.69. The average Bonchev–Trinajstić information content (AvgIpc) is 2.82. The molecule has 0 bridgehead atoms. The van der Waals surface area contributed by atoms with E-state index in [0.717, 1.165) is 9.99 Å². The number of hydrogen-bond donors (Lipinski definition) is 3. The number of pyridine rings is 1. The molecule has 0 radical (unpaired) electrons. The van der Waals surface area contributed by atoms with E-state index in [-0.39, 0.29) is 5.75 Å². The summed E-state index contributed by atoms with van der Waals surface area (Å²) in [5.74, 6) is 0.670. The summed E-state index contributed by atoms with van der Waals surface area (Å²) < 4.78 is 0.882. The highest BCUT2D eigenvalue weighted by molar-refractivity contribution is 9.10. The largest absolute Gasteiger partial charge is 0.506 e. The molecule has 2 aromatic heterocycles. The van der Waals surface area contributed by atoms with Gasteiger partial charge in [-0.2, -0.15) is 4.98 Å². The molecule has 102 valence electrons. The smallest absolute Gasteiger partial charge is 0.202 e. The lowest BCUT2D eigenvalue weighted by Crippen LogP contribution is -2.01. The van der Waals surface area contributed by atoms with Crippen molar-refractivity contribution in [2.45, 2.75) is 6.54 Å². The van der Waals surface area contributed by atoms with Crippen LogP contribution in [0.15, 0.2) is 34.9 Å². The van der Waals surface area contributed by atoms with Crippen LogP contribution in [-0.2, 0) is 6.54 Å². The number of imidazole rings is 1. The molecule has 0 aliphatic heterocycles. The number of aromatic amines is 1. The Balaban J connectivity index is 1.81. The number of phenols is 1. The van der Waals surface area contributed by atoms with Gasteiger partial charge in [0.1, 0.15) is 5.75 Å². The molecule has 0 amide bonds. The van der Waals surface area contributed by atoms with Crippen LogP contribution in [0.2, 0.25) is 5.02 Å². The van der Waals surface area contributed by atoms with Gasteiger partial charge in [0.15, 0.2) is 5.65 Å². The van der Waals surface area contributed by atoms with Crippen LogP contribution in [0.25, 0.3) is 11.2 Å². The van der Waals surface area contributed by atoms with Crippen LogP contribution in [0.5, 0.6) is 5.75 Å². The normalized spacial score (nSPS) is 10.9. The number of phenolic OH excluding ortho intramolecular Hbond substituents is 1. The number of aromatic nitrogens is 3. The fourth-order valence-corrected chi connectivity index (χ4v) is 2.37. The van der Waals surface area contributed by atoms with Gasteiger partial charge in [0.2, 0.25) is 5.95 Å². The Kier molecular flexibility index (Phi) is 3.50. The minimum absolute atomic E-state index is 0.0821. The summed E-state index contributed by atoms with van der Waals surface area (Å²) in [5, 5.41) is 13.3. The van der Waals surface area contributed by atoms with Crippen LogP contribution >= 0.6 is 27.5 Å². The molecule has 7 heteroatoms. The standard InChI is InChI=1S/C13H10BrClN4O/c14-8-4-10-12(16-6-8)19-13(18-10)17-5-7-2-1-3-9(15)11(7)20/h1-4,6,20H,5H2,(H2,16,17,18,19). The highest BCUT2D eigenvalue weighted by atomic mass is 79.9. The van der Waals surface area contributed by atoms with Gasteiger partial charge < -0.3 is 15.4 Å². The second-order valence-electron chi connectivity index (χ2n) is 4.21. The van der Waals surface area contributed by atoms with Crippen LogP contribution < -0.4 is 5.32 Å². The molecule has 3 N–H and O–H groups in total. The molecule has 0 saturated heterocycles. The molecular formula is C13H10BrClN4O. The first-order valence-corrected chi connectivity index (χ1v) is 7.02. The lowest BCUT2D eigenvalue weighted by Gasteiger charge is -2.06. The molecule has 1 aromatic carbocycles.